The number of hydrogen-bond acceptors (Lipinski definition) is 3. The summed E-state index contributed by atoms with van der Waals surface area (Å²) in [5, 5.41) is 19.5. The molecule has 1 amide bonds. The Morgan fingerprint density at radius 2 is 2.06 bits per heavy atom. The number of nitrogens with one attached hydrogen (secondary N) is 1. The van der Waals surface area contributed by atoms with Gasteiger partial charge in [0, 0.05) is 17.7 Å². The molecule has 1 aromatic heterocycles. The van der Waals surface area contributed by atoms with Crippen LogP contribution >= 0.6 is 15.9 Å². The van der Waals surface area contributed by atoms with Crippen LogP contribution in [0, 0.1) is 0 Å². The Morgan fingerprint density at radius 3 is 2.44 bits per heavy atom. The summed E-state index contributed by atoms with van der Waals surface area (Å²) in [6.07, 6.45) is 0.953. The first-order chi connectivity index (χ1) is 8.31. The van der Waals surface area contributed by atoms with Gasteiger partial charge in [0.25, 0.3) is 5.91 Å². The largest absolute Gasteiger partial charge is 0.481 e. The molecule has 0 saturated carbocycles. The molecule has 0 aliphatic rings. The van der Waals surface area contributed by atoms with E-state index in [0.29, 0.717) is 4.47 Å². The second-order valence-electron chi connectivity index (χ2n) is 3.62. The van der Waals surface area contributed by atoms with E-state index in [0.717, 1.165) is 0 Å². The first kappa shape index (κ1) is 14.2. The molecule has 8 heteroatoms. The lowest BCUT2D eigenvalue weighted by atomic mass is 10.2. The fourth-order valence-corrected chi connectivity index (χ4v) is 1.88. The highest BCUT2D eigenvalue weighted by molar-refractivity contribution is 9.10. The van der Waals surface area contributed by atoms with E-state index in [4.69, 9.17) is 10.2 Å². The Bertz CT molecular complexity index is 496. The molecule has 0 saturated heterocycles. The molecule has 0 bridgehead atoms. The quantitative estimate of drug-likeness (QED) is 0.730. The Morgan fingerprint density at radius 1 is 1.44 bits per heavy atom. The number of aromatic nitrogens is 1. The Kier molecular flexibility index (Phi) is 4.49. The molecule has 18 heavy (non-hydrogen) atoms. The van der Waals surface area contributed by atoms with Gasteiger partial charge in [-0.3, -0.25) is 9.59 Å². The van der Waals surface area contributed by atoms with Crippen molar-refractivity contribution in [2.75, 3.05) is 0 Å². The second-order valence-corrected chi connectivity index (χ2v) is 4.53. The zero-order valence-electron chi connectivity index (χ0n) is 9.38. The summed E-state index contributed by atoms with van der Waals surface area (Å²) in [5.74, 6) is -3.33. The molecule has 7 nitrogen and oxygen atoms in total. The number of aryl methyl sites for hydroxylation is 1. The maximum absolute atomic E-state index is 11.8. The van der Waals surface area contributed by atoms with Crippen molar-refractivity contribution >= 4 is 33.8 Å². The topological polar surface area (TPSA) is 109 Å². The Labute approximate surface area is 111 Å². The number of carbonyl (C=O) groups is 3. The van der Waals surface area contributed by atoms with Crippen LogP contribution in [0.4, 0.5) is 0 Å². The standard InChI is InChI=1S/C10H11BrN2O5/c1-13-4-5(11)2-7(13)9(16)12-6(10(17)18)3-8(14)15/h2,4,6H,3H2,1H3,(H,12,16)(H,14,15)(H,17,18). The van der Waals surface area contributed by atoms with Crippen molar-refractivity contribution in [1.82, 2.24) is 9.88 Å². The van der Waals surface area contributed by atoms with Crippen LogP contribution in [0.1, 0.15) is 16.9 Å². The van der Waals surface area contributed by atoms with Crippen molar-refractivity contribution in [1.29, 1.82) is 0 Å². The summed E-state index contributed by atoms with van der Waals surface area (Å²) in [5.41, 5.74) is 0.235. The minimum Gasteiger partial charge on any atom is -0.481 e. The molecule has 0 aliphatic carbocycles. The lowest BCUT2D eigenvalue weighted by molar-refractivity contribution is -0.145. The number of carboxylic acids is 2. The molecular formula is C10H11BrN2O5. The zero-order valence-corrected chi connectivity index (χ0v) is 11.0. The van der Waals surface area contributed by atoms with Crippen LogP contribution in [0.3, 0.4) is 0 Å². The van der Waals surface area contributed by atoms with Gasteiger partial charge in [0.15, 0.2) is 0 Å². The summed E-state index contributed by atoms with van der Waals surface area (Å²) < 4.78 is 2.17. The van der Waals surface area contributed by atoms with E-state index in [9.17, 15) is 14.4 Å². The van der Waals surface area contributed by atoms with Gasteiger partial charge in [0.05, 0.1) is 6.42 Å². The third-order valence-electron chi connectivity index (χ3n) is 2.19. The van der Waals surface area contributed by atoms with Gasteiger partial charge in [-0.1, -0.05) is 0 Å². The Hall–Kier alpha value is -1.83. The molecule has 1 aromatic rings. The first-order valence-electron chi connectivity index (χ1n) is 4.88. The maximum atomic E-state index is 11.8. The number of nitrogens with zero attached hydrogens (tertiary/aromatic N) is 1. The van der Waals surface area contributed by atoms with E-state index >= 15 is 0 Å². The van der Waals surface area contributed by atoms with E-state index in [1.807, 2.05) is 0 Å². The summed E-state index contributed by atoms with van der Waals surface area (Å²) in [6, 6.07) is 0.0540. The number of amides is 1. The average molecular weight is 319 g/mol. The van der Waals surface area contributed by atoms with E-state index in [1.165, 1.54) is 10.6 Å². The number of hydrogen-bond donors (Lipinski definition) is 3. The molecule has 1 unspecified atom stereocenters. The molecule has 0 aromatic carbocycles. The highest BCUT2D eigenvalue weighted by atomic mass is 79.9. The van der Waals surface area contributed by atoms with E-state index in [2.05, 4.69) is 21.2 Å². The van der Waals surface area contributed by atoms with E-state index in [1.54, 1.807) is 13.2 Å². The van der Waals surface area contributed by atoms with Crippen LogP contribution in [-0.2, 0) is 16.6 Å². The first-order valence-corrected chi connectivity index (χ1v) is 5.68. The number of halogens is 1. The van der Waals surface area contributed by atoms with Gasteiger partial charge in [0.2, 0.25) is 0 Å². The highest BCUT2D eigenvalue weighted by Crippen LogP contribution is 2.13. The number of aliphatic carboxylic acids is 2. The molecule has 3 N–H and O–H groups in total. The number of rotatable bonds is 5. The molecule has 0 spiro atoms. The minimum atomic E-state index is -1.45. The van der Waals surface area contributed by atoms with Gasteiger partial charge in [-0.25, -0.2) is 4.79 Å². The third-order valence-corrected chi connectivity index (χ3v) is 2.62. The zero-order chi connectivity index (χ0) is 13.9. The molecule has 1 heterocycles. The van der Waals surface area contributed by atoms with E-state index < -0.39 is 30.3 Å². The third kappa shape index (κ3) is 3.59. The van der Waals surface area contributed by atoms with Crippen LogP contribution in [0.25, 0.3) is 0 Å². The fraction of sp³-hybridized carbons (Fsp3) is 0.300. The summed E-state index contributed by atoms with van der Waals surface area (Å²) in [4.78, 5) is 33.0. The minimum absolute atomic E-state index is 0.235. The van der Waals surface area contributed by atoms with Crippen molar-refractivity contribution in [2.24, 2.45) is 7.05 Å². The van der Waals surface area contributed by atoms with Gasteiger partial charge in [-0.2, -0.15) is 0 Å². The molecule has 0 fully saturated rings. The lowest BCUT2D eigenvalue weighted by Crippen LogP contribution is -2.42. The smallest absolute Gasteiger partial charge is 0.326 e. The van der Waals surface area contributed by atoms with Crippen LogP contribution in [0.5, 0.6) is 0 Å². The van der Waals surface area contributed by atoms with Crippen LogP contribution < -0.4 is 5.32 Å². The van der Waals surface area contributed by atoms with Gasteiger partial charge in [-0.15, -0.1) is 0 Å². The number of carboxylic acid groups (broad SMARTS) is 2. The Balaban J connectivity index is 2.81. The summed E-state index contributed by atoms with van der Waals surface area (Å²) in [7, 11) is 1.62. The van der Waals surface area contributed by atoms with Crippen molar-refractivity contribution in [3.8, 4) is 0 Å². The van der Waals surface area contributed by atoms with Crippen LogP contribution in [-0.4, -0.2) is 38.7 Å². The van der Waals surface area contributed by atoms with Crippen molar-refractivity contribution in [3.05, 3.63) is 22.4 Å². The molecule has 0 radical (unpaired) electrons. The maximum Gasteiger partial charge on any atom is 0.326 e. The molecule has 1 rings (SSSR count). The van der Waals surface area contributed by atoms with Gasteiger partial charge >= 0.3 is 11.9 Å². The molecule has 98 valence electrons. The molecule has 1 atom stereocenters. The monoisotopic (exact) mass is 318 g/mol. The SMILES string of the molecule is Cn1cc(Br)cc1C(=O)NC(CC(=O)O)C(=O)O. The van der Waals surface area contributed by atoms with Crippen LogP contribution in [0.15, 0.2) is 16.7 Å². The molecular weight excluding hydrogens is 308 g/mol. The highest BCUT2D eigenvalue weighted by Gasteiger charge is 2.24. The van der Waals surface area contributed by atoms with Gasteiger partial charge in [0.1, 0.15) is 11.7 Å². The lowest BCUT2D eigenvalue weighted by Gasteiger charge is -2.12. The van der Waals surface area contributed by atoms with Gasteiger partial charge in [-0.05, 0) is 22.0 Å². The predicted octanol–water partition coefficient (Wildman–Crippen LogP) is 0.445. The van der Waals surface area contributed by atoms with Crippen molar-refractivity contribution < 1.29 is 24.6 Å². The normalized spacial score (nSPS) is 11.9. The average Bonchev–Trinajstić information content (AvgIpc) is 2.56. The summed E-state index contributed by atoms with van der Waals surface area (Å²) in [6.45, 7) is 0. The van der Waals surface area contributed by atoms with Gasteiger partial charge < -0.3 is 20.1 Å². The summed E-state index contributed by atoms with van der Waals surface area (Å²) >= 11 is 3.18. The van der Waals surface area contributed by atoms with E-state index in [-0.39, 0.29) is 5.69 Å². The second kappa shape index (κ2) is 5.67. The molecule has 0 aliphatic heterocycles. The predicted molar refractivity (Wildman–Crippen MR) is 64.3 cm³/mol. The number of carbonyl (C=O) groups excluding carboxylic acids is 1. The van der Waals surface area contributed by atoms with Crippen molar-refractivity contribution in [2.45, 2.75) is 12.5 Å². The van der Waals surface area contributed by atoms with Crippen molar-refractivity contribution in [3.63, 3.8) is 0 Å². The van der Waals surface area contributed by atoms with Crippen LogP contribution in [0.2, 0.25) is 0 Å². The fourth-order valence-electron chi connectivity index (χ4n) is 1.36.